The molecular formula is C43H46F2N8. The number of aromatic amines is 2. The van der Waals surface area contributed by atoms with E-state index < -0.39 is 11.6 Å². The van der Waals surface area contributed by atoms with E-state index in [1.54, 1.807) is 12.1 Å². The van der Waals surface area contributed by atoms with E-state index in [-0.39, 0.29) is 35.9 Å². The SMILES string of the molecule is Fc1cc(N2[C@@H](c3ccc4nc([C@@H]5CCCN5)[nH]c4c3)CC[C@@H]2c2ccc3nc([C@@H]4CCCN4)[nH]c3c2)cc(F)c1N1CCCCC1c1ccccc1. The monoisotopic (exact) mass is 712 g/mol. The second-order valence-corrected chi connectivity index (χ2v) is 15.5. The maximum Gasteiger partial charge on any atom is 0.151 e. The highest BCUT2D eigenvalue weighted by molar-refractivity contribution is 5.78. The number of nitrogens with one attached hydrogen (secondary N) is 4. The molecule has 8 nitrogen and oxygen atoms in total. The number of rotatable bonds is 7. The lowest BCUT2D eigenvalue weighted by Crippen LogP contribution is -2.35. The fraction of sp³-hybridized carbons (Fsp3) is 0.395. The number of halogens is 2. The van der Waals surface area contributed by atoms with Crippen molar-refractivity contribution in [1.29, 1.82) is 0 Å². The molecule has 10 heteroatoms. The predicted molar refractivity (Wildman–Crippen MR) is 206 cm³/mol. The third-order valence-electron chi connectivity index (χ3n) is 12.3. The van der Waals surface area contributed by atoms with Gasteiger partial charge in [-0.2, -0.15) is 0 Å². The summed E-state index contributed by atoms with van der Waals surface area (Å²) in [6.45, 7) is 2.63. The van der Waals surface area contributed by atoms with Crippen LogP contribution in [0.3, 0.4) is 0 Å². The zero-order valence-corrected chi connectivity index (χ0v) is 29.9. The summed E-state index contributed by atoms with van der Waals surface area (Å²) in [5.74, 6) is 0.926. The Balaban J connectivity index is 1.04. The second kappa shape index (κ2) is 13.6. The van der Waals surface area contributed by atoms with Gasteiger partial charge in [0.25, 0.3) is 0 Å². The van der Waals surface area contributed by atoms with Crippen LogP contribution < -0.4 is 20.4 Å². The van der Waals surface area contributed by atoms with E-state index in [2.05, 4.69) is 74.0 Å². The number of anilines is 2. The molecule has 10 rings (SSSR count). The third-order valence-corrected chi connectivity index (χ3v) is 12.3. The fourth-order valence-corrected chi connectivity index (χ4v) is 9.70. The average molecular weight is 713 g/mol. The molecule has 5 atom stereocenters. The van der Waals surface area contributed by atoms with Crippen LogP contribution in [0.25, 0.3) is 22.1 Å². The van der Waals surface area contributed by atoms with Crippen molar-refractivity contribution in [3.8, 4) is 0 Å². The van der Waals surface area contributed by atoms with Crippen molar-refractivity contribution in [1.82, 2.24) is 30.6 Å². The van der Waals surface area contributed by atoms with E-state index in [9.17, 15) is 0 Å². The molecular weight excluding hydrogens is 667 g/mol. The first-order chi connectivity index (χ1) is 26.1. The van der Waals surface area contributed by atoms with Crippen molar-refractivity contribution < 1.29 is 8.78 Å². The Labute approximate surface area is 308 Å². The van der Waals surface area contributed by atoms with Gasteiger partial charge >= 0.3 is 0 Å². The minimum atomic E-state index is -0.511. The van der Waals surface area contributed by atoms with Crippen molar-refractivity contribution in [3.05, 3.63) is 119 Å². The molecule has 53 heavy (non-hydrogen) atoms. The molecule has 0 amide bonds. The number of fused-ring (bicyclic) bond motifs is 2. The van der Waals surface area contributed by atoms with Crippen LogP contribution in [0.15, 0.2) is 78.9 Å². The smallest absolute Gasteiger partial charge is 0.151 e. The minimum absolute atomic E-state index is 0.0667. The largest absolute Gasteiger partial charge is 0.360 e. The van der Waals surface area contributed by atoms with Gasteiger partial charge in [0.1, 0.15) is 17.3 Å². The van der Waals surface area contributed by atoms with Gasteiger partial charge in [-0.1, -0.05) is 42.5 Å². The van der Waals surface area contributed by atoms with Gasteiger partial charge in [0.15, 0.2) is 11.6 Å². The average Bonchev–Trinajstić information content (AvgIpc) is 4.03. The van der Waals surface area contributed by atoms with Crippen LogP contribution in [0.1, 0.15) is 116 Å². The lowest BCUT2D eigenvalue weighted by Gasteiger charge is -2.39. The molecule has 272 valence electrons. The van der Waals surface area contributed by atoms with Gasteiger partial charge in [-0.3, -0.25) is 0 Å². The van der Waals surface area contributed by atoms with Gasteiger partial charge in [-0.15, -0.1) is 0 Å². The molecule has 4 aromatic carbocycles. The topological polar surface area (TPSA) is 87.9 Å². The third kappa shape index (κ3) is 5.96. The van der Waals surface area contributed by atoms with Crippen molar-refractivity contribution in [2.24, 2.45) is 0 Å². The lowest BCUT2D eigenvalue weighted by atomic mass is 9.94. The van der Waals surface area contributed by atoms with Gasteiger partial charge in [-0.05, 0) is 124 Å². The summed E-state index contributed by atoms with van der Waals surface area (Å²) in [4.78, 5) is 21.2. The van der Waals surface area contributed by atoms with E-state index in [0.29, 0.717) is 12.2 Å². The number of hydrogen-bond donors (Lipinski definition) is 4. The Kier molecular flexibility index (Phi) is 8.40. The Bertz CT molecular complexity index is 2130. The summed E-state index contributed by atoms with van der Waals surface area (Å²) in [5, 5.41) is 7.10. The molecule has 0 aliphatic carbocycles. The molecule has 4 N–H and O–H groups in total. The lowest BCUT2D eigenvalue weighted by molar-refractivity contribution is 0.454. The quantitative estimate of drug-likeness (QED) is 0.132. The number of H-pyrrole nitrogens is 2. The highest BCUT2D eigenvalue weighted by Crippen LogP contribution is 2.49. The number of benzene rings is 4. The fourth-order valence-electron chi connectivity index (χ4n) is 9.70. The number of imidazole rings is 2. The molecule has 4 fully saturated rings. The van der Waals surface area contributed by atoms with Gasteiger partial charge in [0, 0.05) is 12.2 Å². The maximum atomic E-state index is 16.7. The van der Waals surface area contributed by atoms with Gasteiger partial charge < -0.3 is 30.4 Å². The summed E-state index contributed by atoms with van der Waals surface area (Å²) >= 11 is 0. The van der Waals surface area contributed by atoms with E-state index >= 15 is 8.78 Å². The van der Waals surface area contributed by atoms with Crippen LogP contribution >= 0.6 is 0 Å². The summed E-state index contributed by atoms with van der Waals surface area (Å²) in [6.07, 6.45) is 8.91. The molecule has 6 aromatic rings. The summed E-state index contributed by atoms with van der Waals surface area (Å²) in [5.41, 5.74) is 7.81. The van der Waals surface area contributed by atoms with Crippen molar-refractivity contribution in [2.75, 3.05) is 29.4 Å². The zero-order valence-electron chi connectivity index (χ0n) is 29.9. The first kappa shape index (κ1) is 32.8. The molecule has 0 saturated carbocycles. The second-order valence-electron chi connectivity index (χ2n) is 15.5. The number of aromatic nitrogens is 4. The summed E-state index contributed by atoms with van der Waals surface area (Å²) in [6, 6.07) is 26.4. The predicted octanol–water partition coefficient (Wildman–Crippen LogP) is 9.38. The standard InChI is InChI=1S/C43H46F2N8/c44-30-24-29(25-31(45)41(30)52-21-5-4-12-38(52)26-8-2-1-3-9-26)53-39(27-13-15-32-36(22-27)50-42(48-32)34-10-6-19-46-34)17-18-40(53)28-14-16-33-37(23-28)51-43(49-33)35-11-7-20-47-35/h1-3,8-9,13-16,22-25,34-35,38-40,46-47H,4-7,10-12,17-21H2,(H,48,50)(H,49,51)/t34-,35-,38?,39+,40+/m0/s1. The molecule has 4 saturated heterocycles. The van der Waals surface area contributed by atoms with Crippen LogP contribution in [-0.4, -0.2) is 39.6 Å². The van der Waals surface area contributed by atoms with Crippen molar-refractivity contribution in [2.45, 2.75) is 88.0 Å². The van der Waals surface area contributed by atoms with Crippen LogP contribution in [0.4, 0.5) is 20.2 Å². The van der Waals surface area contributed by atoms with E-state index in [1.807, 2.05) is 23.1 Å². The number of hydrogen-bond acceptors (Lipinski definition) is 6. The molecule has 1 unspecified atom stereocenters. The van der Waals surface area contributed by atoms with Crippen LogP contribution in [0.2, 0.25) is 0 Å². The minimum Gasteiger partial charge on any atom is -0.360 e. The van der Waals surface area contributed by atoms with Crippen LogP contribution in [0, 0.1) is 11.6 Å². The van der Waals surface area contributed by atoms with Gasteiger partial charge in [0.2, 0.25) is 0 Å². The molecule has 0 bridgehead atoms. The maximum absolute atomic E-state index is 16.7. The Morgan fingerprint density at radius 1 is 0.566 bits per heavy atom. The van der Waals surface area contributed by atoms with Crippen LogP contribution in [-0.2, 0) is 0 Å². The van der Waals surface area contributed by atoms with E-state index in [4.69, 9.17) is 9.97 Å². The normalized spacial score (nSPS) is 25.0. The summed E-state index contributed by atoms with van der Waals surface area (Å²) < 4.78 is 33.3. The Morgan fingerprint density at radius 2 is 1.15 bits per heavy atom. The van der Waals surface area contributed by atoms with Gasteiger partial charge in [0.05, 0.1) is 52.3 Å². The molecule has 0 radical (unpaired) electrons. The Morgan fingerprint density at radius 3 is 1.70 bits per heavy atom. The highest BCUT2D eigenvalue weighted by atomic mass is 19.1. The van der Waals surface area contributed by atoms with Crippen LogP contribution in [0.5, 0.6) is 0 Å². The molecule has 2 aromatic heterocycles. The summed E-state index contributed by atoms with van der Waals surface area (Å²) in [7, 11) is 0. The van der Waals surface area contributed by atoms with E-state index in [1.165, 1.54) is 0 Å². The van der Waals surface area contributed by atoms with Crippen molar-refractivity contribution in [3.63, 3.8) is 0 Å². The number of nitrogens with zero attached hydrogens (tertiary/aromatic N) is 4. The number of piperidine rings is 1. The first-order valence-corrected chi connectivity index (χ1v) is 19.6. The van der Waals surface area contributed by atoms with E-state index in [0.717, 1.165) is 121 Å². The first-order valence-electron chi connectivity index (χ1n) is 19.6. The molecule has 4 aliphatic rings. The molecule has 0 spiro atoms. The molecule has 4 aliphatic heterocycles. The zero-order chi connectivity index (χ0) is 35.5. The Hall–Kier alpha value is -4.80. The van der Waals surface area contributed by atoms with Gasteiger partial charge in [-0.25, -0.2) is 18.7 Å². The molecule has 6 heterocycles. The van der Waals surface area contributed by atoms with Crippen molar-refractivity contribution >= 4 is 33.4 Å². The highest BCUT2D eigenvalue weighted by Gasteiger charge is 2.38.